The largest absolute Gasteiger partial charge is 0.342 e. The van der Waals surface area contributed by atoms with E-state index in [-0.39, 0.29) is 17.9 Å². The van der Waals surface area contributed by atoms with Crippen molar-refractivity contribution in [2.24, 2.45) is 13.0 Å². The highest BCUT2D eigenvalue weighted by atomic mass is 16.2. The van der Waals surface area contributed by atoms with Gasteiger partial charge in [0.15, 0.2) is 0 Å². The highest BCUT2D eigenvalue weighted by molar-refractivity contribution is 5.96. The highest BCUT2D eigenvalue weighted by Crippen LogP contribution is 2.40. The average molecular weight is 388 g/mol. The molecule has 0 saturated heterocycles. The molecule has 1 saturated carbocycles. The van der Waals surface area contributed by atoms with E-state index in [1.54, 1.807) is 6.20 Å². The van der Waals surface area contributed by atoms with Crippen LogP contribution in [-0.4, -0.2) is 21.4 Å². The van der Waals surface area contributed by atoms with Crippen molar-refractivity contribution in [2.75, 3.05) is 5.32 Å². The maximum Gasteiger partial charge on any atom is 0.251 e. The summed E-state index contributed by atoms with van der Waals surface area (Å²) in [5.41, 5.74) is 3.30. The van der Waals surface area contributed by atoms with E-state index in [0.29, 0.717) is 11.5 Å². The lowest BCUT2D eigenvalue weighted by atomic mass is 10.0. The zero-order valence-corrected chi connectivity index (χ0v) is 16.6. The minimum atomic E-state index is -0.102. The molecule has 4 rings (SSSR count). The molecule has 1 aromatic heterocycles. The lowest BCUT2D eigenvalue weighted by Gasteiger charge is -2.18. The molecule has 1 aliphatic rings. The molecule has 2 aromatic carbocycles. The predicted octanol–water partition coefficient (Wildman–Crippen LogP) is 3.93. The molecule has 0 radical (unpaired) electrons. The Morgan fingerprint density at radius 1 is 1.10 bits per heavy atom. The van der Waals surface area contributed by atoms with E-state index in [2.05, 4.69) is 15.6 Å². The van der Waals surface area contributed by atoms with Gasteiger partial charge in [0.1, 0.15) is 5.82 Å². The van der Waals surface area contributed by atoms with Crippen LogP contribution in [0.2, 0.25) is 0 Å². The molecule has 1 aliphatic carbocycles. The van der Waals surface area contributed by atoms with Crippen molar-refractivity contribution in [3.63, 3.8) is 0 Å². The van der Waals surface area contributed by atoms with Crippen LogP contribution in [0.15, 0.2) is 60.9 Å². The van der Waals surface area contributed by atoms with Crippen molar-refractivity contribution in [3.8, 4) is 11.1 Å². The van der Waals surface area contributed by atoms with Crippen LogP contribution < -0.4 is 10.6 Å². The van der Waals surface area contributed by atoms with Crippen molar-refractivity contribution in [3.05, 3.63) is 72.3 Å². The third kappa shape index (κ3) is 4.37. The highest BCUT2D eigenvalue weighted by Gasteiger charge is 2.35. The SMILES string of the molecule is CC(=O)Nc1ccc(-c2cccc(C(=O)NC(c3nccn3C)C3CC3)c2)cc1. The Labute approximate surface area is 170 Å². The molecular weight excluding hydrogens is 364 g/mol. The van der Waals surface area contributed by atoms with Gasteiger partial charge in [0.25, 0.3) is 5.91 Å². The zero-order valence-electron chi connectivity index (χ0n) is 16.6. The standard InChI is InChI=1S/C23H24N4O2/c1-15(28)25-20-10-8-16(9-11-20)18-4-3-5-19(14-18)23(29)26-21(17-6-7-17)22-24-12-13-27(22)2/h3-5,8-14,17,21H,6-7H2,1-2H3,(H,25,28)(H,26,29). The molecule has 6 heteroatoms. The summed E-state index contributed by atoms with van der Waals surface area (Å²) in [5.74, 6) is 1.14. The zero-order chi connectivity index (χ0) is 20.4. The smallest absolute Gasteiger partial charge is 0.251 e. The van der Waals surface area contributed by atoms with Crippen LogP contribution in [0.5, 0.6) is 0 Å². The lowest BCUT2D eigenvalue weighted by molar-refractivity contribution is -0.114. The molecule has 148 valence electrons. The minimum absolute atomic E-state index is 0.0666. The van der Waals surface area contributed by atoms with Gasteiger partial charge in [-0.05, 0) is 54.2 Å². The van der Waals surface area contributed by atoms with Gasteiger partial charge in [-0.25, -0.2) is 4.98 Å². The van der Waals surface area contributed by atoms with Gasteiger partial charge < -0.3 is 15.2 Å². The predicted molar refractivity (Wildman–Crippen MR) is 112 cm³/mol. The van der Waals surface area contributed by atoms with Crippen molar-refractivity contribution >= 4 is 17.5 Å². The van der Waals surface area contributed by atoms with Crippen LogP contribution in [-0.2, 0) is 11.8 Å². The molecule has 2 amide bonds. The summed E-state index contributed by atoms with van der Waals surface area (Å²) in [6.45, 7) is 1.48. The number of hydrogen-bond acceptors (Lipinski definition) is 3. The van der Waals surface area contributed by atoms with Gasteiger partial charge in [-0.2, -0.15) is 0 Å². The second kappa shape index (κ2) is 7.91. The summed E-state index contributed by atoms with van der Waals surface area (Å²) in [4.78, 5) is 28.6. The molecule has 0 spiro atoms. The molecule has 1 fully saturated rings. The van der Waals surface area contributed by atoms with Crippen molar-refractivity contribution in [1.82, 2.24) is 14.9 Å². The number of amides is 2. The summed E-state index contributed by atoms with van der Waals surface area (Å²) in [7, 11) is 1.95. The number of anilines is 1. The Hall–Kier alpha value is -3.41. The fourth-order valence-corrected chi connectivity index (χ4v) is 3.51. The Balaban J connectivity index is 1.52. The van der Waals surface area contributed by atoms with E-state index in [4.69, 9.17) is 0 Å². The van der Waals surface area contributed by atoms with Gasteiger partial charge in [-0.1, -0.05) is 24.3 Å². The second-order valence-corrected chi connectivity index (χ2v) is 7.52. The first-order valence-corrected chi connectivity index (χ1v) is 9.77. The Kier molecular flexibility index (Phi) is 5.16. The third-order valence-corrected chi connectivity index (χ3v) is 5.18. The van der Waals surface area contributed by atoms with Crippen molar-refractivity contribution in [2.45, 2.75) is 25.8 Å². The molecule has 0 aliphatic heterocycles. The molecule has 1 unspecified atom stereocenters. The van der Waals surface area contributed by atoms with E-state index < -0.39 is 0 Å². The summed E-state index contributed by atoms with van der Waals surface area (Å²) in [5, 5.41) is 5.94. The molecule has 1 atom stereocenters. The maximum atomic E-state index is 13.0. The number of aromatic nitrogens is 2. The van der Waals surface area contributed by atoms with E-state index in [1.165, 1.54) is 6.92 Å². The van der Waals surface area contributed by atoms with Gasteiger partial charge >= 0.3 is 0 Å². The number of carbonyl (C=O) groups excluding carboxylic acids is 2. The number of hydrogen-bond donors (Lipinski definition) is 2. The molecular formula is C23H24N4O2. The first-order chi connectivity index (χ1) is 14.0. The quantitative estimate of drug-likeness (QED) is 0.672. The summed E-state index contributed by atoms with van der Waals surface area (Å²) in [6.07, 6.45) is 5.89. The van der Waals surface area contributed by atoms with E-state index in [9.17, 15) is 9.59 Å². The Morgan fingerprint density at radius 3 is 2.48 bits per heavy atom. The van der Waals surface area contributed by atoms with E-state index in [0.717, 1.165) is 35.5 Å². The Morgan fingerprint density at radius 2 is 1.86 bits per heavy atom. The molecule has 3 aromatic rings. The number of benzene rings is 2. The van der Waals surface area contributed by atoms with Crippen LogP contribution in [0.4, 0.5) is 5.69 Å². The first kappa shape index (κ1) is 18.9. The number of imidazole rings is 1. The minimum Gasteiger partial charge on any atom is -0.342 e. The van der Waals surface area contributed by atoms with E-state index >= 15 is 0 Å². The van der Waals surface area contributed by atoms with Crippen LogP contribution in [0.1, 0.15) is 42.0 Å². The molecule has 6 nitrogen and oxygen atoms in total. The molecule has 0 bridgehead atoms. The average Bonchev–Trinajstić information content (AvgIpc) is 3.47. The van der Waals surface area contributed by atoms with Crippen LogP contribution in [0.25, 0.3) is 11.1 Å². The fraction of sp³-hybridized carbons (Fsp3) is 0.261. The summed E-state index contributed by atoms with van der Waals surface area (Å²) in [6, 6.07) is 15.1. The normalized spacial score (nSPS) is 14.3. The van der Waals surface area contributed by atoms with Gasteiger partial charge in [-0.15, -0.1) is 0 Å². The van der Waals surface area contributed by atoms with E-state index in [1.807, 2.05) is 66.3 Å². The monoisotopic (exact) mass is 388 g/mol. The molecule has 2 N–H and O–H groups in total. The van der Waals surface area contributed by atoms with Crippen LogP contribution >= 0.6 is 0 Å². The topological polar surface area (TPSA) is 76.0 Å². The van der Waals surface area contributed by atoms with Crippen molar-refractivity contribution in [1.29, 1.82) is 0 Å². The van der Waals surface area contributed by atoms with Crippen LogP contribution in [0.3, 0.4) is 0 Å². The summed E-state index contributed by atoms with van der Waals surface area (Å²) < 4.78 is 1.97. The van der Waals surface area contributed by atoms with Gasteiger partial charge in [-0.3, -0.25) is 9.59 Å². The van der Waals surface area contributed by atoms with Gasteiger partial charge in [0, 0.05) is 37.6 Å². The molecule has 1 heterocycles. The summed E-state index contributed by atoms with van der Waals surface area (Å²) >= 11 is 0. The number of aryl methyl sites for hydroxylation is 1. The number of rotatable bonds is 6. The maximum absolute atomic E-state index is 13.0. The van der Waals surface area contributed by atoms with Gasteiger partial charge in [0.05, 0.1) is 6.04 Å². The fourth-order valence-electron chi connectivity index (χ4n) is 3.51. The molecule has 29 heavy (non-hydrogen) atoms. The van der Waals surface area contributed by atoms with Crippen molar-refractivity contribution < 1.29 is 9.59 Å². The third-order valence-electron chi connectivity index (χ3n) is 5.18. The lowest BCUT2D eigenvalue weighted by Crippen LogP contribution is -2.31. The van der Waals surface area contributed by atoms with Gasteiger partial charge in [0.2, 0.25) is 5.91 Å². The second-order valence-electron chi connectivity index (χ2n) is 7.52. The number of carbonyl (C=O) groups is 2. The number of nitrogens with zero attached hydrogens (tertiary/aromatic N) is 2. The Bertz CT molecular complexity index is 1040. The number of nitrogens with one attached hydrogen (secondary N) is 2. The first-order valence-electron chi connectivity index (χ1n) is 9.77. The van der Waals surface area contributed by atoms with Crippen LogP contribution in [0, 0.1) is 5.92 Å².